The van der Waals surface area contributed by atoms with Crippen molar-refractivity contribution in [1.29, 1.82) is 10.5 Å². The largest absolute Gasteiger partial charge is 0.395 e. The van der Waals surface area contributed by atoms with Gasteiger partial charge in [0.1, 0.15) is 17.9 Å². The molecule has 2 unspecified atom stereocenters. The molecule has 2 aliphatic heterocycles. The number of hydrogen-bond donors (Lipinski definition) is 3. The minimum absolute atomic E-state index is 0.0649. The molecular formula is C39H38N16O4S2. The van der Waals surface area contributed by atoms with Crippen molar-refractivity contribution in [1.82, 2.24) is 59.3 Å². The van der Waals surface area contributed by atoms with Crippen LogP contribution in [0, 0.1) is 22.7 Å². The first-order valence-electron chi connectivity index (χ1n) is 18.9. The highest BCUT2D eigenvalue weighted by molar-refractivity contribution is 7.91. The number of nitrogens with zero attached hydrogens (tertiary/aromatic N) is 13. The average molecular weight is 859 g/mol. The molecule has 0 saturated carbocycles. The first-order chi connectivity index (χ1) is 29.4. The highest BCUT2D eigenvalue weighted by Crippen LogP contribution is 2.30. The molecule has 7 aromatic rings. The van der Waals surface area contributed by atoms with Gasteiger partial charge in [-0.25, -0.2) is 51.1 Å². The predicted octanol–water partition coefficient (Wildman–Crippen LogP) is 2.29. The number of nitrogen functional groups attached to an aromatic ring is 2. The highest BCUT2D eigenvalue weighted by Gasteiger charge is 2.29. The van der Waals surface area contributed by atoms with Crippen molar-refractivity contribution >= 4 is 42.3 Å². The van der Waals surface area contributed by atoms with Gasteiger partial charge in [-0.3, -0.25) is 9.80 Å². The van der Waals surface area contributed by atoms with Gasteiger partial charge in [-0.05, 0) is 24.3 Å². The second-order valence-electron chi connectivity index (χ2n) is 14.3. The molecule has 5 N–H and O–H groups in total. The topological polar surface area (TPSA) is 290 Å². The lowest BCUT2D eigenvalue weighted by Crippen LogP contribution is -2.42. The Morgan fingerprint density at radius 1 is 0.623 bits per heavy atom. The quantitative estimate of drug-likeness (QED) is 0.197. The molecule has 20 nitrogen and oxygen atoms in total. The molecule has 2 fully saturated rings. The zero-order chi connectivity index (χ0) is 42.7. The molecule has 0 spiro atoms. The third-order valence-corrected chi connectivity index (χ3v) is 13.7. The summed E-state index contributed by atoms with van der Waals surface area (Å²) in [6.45, 7) is 1.36. The number of aromatic nitrogens is 10. The first-order valence-corrected chi connectivity index (χ1v) is 22.5. The van der Waals surface area contributed by atoms with Gasteiger partial charge in [0.2, 0.25) is 0 Å². The SMILES string of the molecule is N#CC(c1ccc(-n2cc(-c3ccnc(N)c3N)cn2)nc1)N1CCS(=O)(=O)CC1.N#CC(c1ccc(-n2cc(-c3ccnc4nc[nH]c34)cn2)nc1)N1CCS(=O)(=O)CC1. The molecule has 7 aromatic heterocycles. The van der Waals surface area contributed by atoms with Crippen molar-refractivity contribution in [3.63, 3.8) is 0 Å². The number of sulfone groups is 2. The van der Waals surface area contributed by atoms with Crippen LogP contribution in [-0.2, 0) is 19.7 Å². The van der Waals surface area contributed by atoms with E-state index >= 15 is 0 Å². The molecule has 9 heterocycles. The van der Waals surface area contributed by atoms with Crippen LogP contribution in [0.2, 0.25) is 0 Å². The fourth-order valence-corrected chi connectivity index (χ4v) is 9.56. The van der Waals surface area contributed by atoms with Gasteiger partial charge >= 0.3 is 0 Å². The van der Waals surface area contributed by atoms with Gasteiger partial charge in [-0.15, -0.1) is 0 Å². The van der Waals surface area contributed by atoms with E-state index < -0.39 is 31.8 Å². The molecule has 310 valence electrons. The zero-order valence-corrected chi connectivity index (χ0v) is 34.0. The number of hydrogen-bond acceptors (Lipinski definition) is 17. The van der Waals surface area contributed by atoms with E-state index in [1.165, 1.54) is 0 Å². The molecular weight excluding hydrogens is 821 g/mol. The number of nitriles is 2. The molecule has 61 heavy (non-hydrogen) atoms. The molecule has 2 aliphatic rings. The summed E-state index contributed by atoms with van der Waals surface area (Å²) in [6.07, 6.45) is 15.2. The molecule has 0 bridgehead atoms. The summed E-state index contributed by atoms with van der Waals surface area (Å²) in [5.74, 6) is 1.73. The third-order valence-electron chi connectivity index (χ3n) is 10.5. The number of fused-ring (bicyclic) bond motifs is 1. The minimum Gasteiger partial charge on any atom is -0.395 e. The first kappa shape index (κ1) is 40.7. The second-order valence-corrected chi connectivity index (χ2v) is 18.9. The van der Waals surface area contributed by atoms with Gasteiger partial charge in [0, 0.05) is 96.7 Å². The molecule has 0 aromatic carbocycles. The van der Waals surface area contributed by atoms with E-state index in [-0.39, 0.29) is 28.8 Å². The number of imidazole rings is 1. The van der Waals surface area contributed by atoms with Gasteiger partial charge in [-0.2, -0.15) is 20.7 Å². The number of nitrogens with one attached hydrogen (secondary N) is 1. The monoisotopic (exact) mass is 858 g/mol. The van der Waals surface area contributed by atoms with Crippen LogP contribution in [0.4, 0.5) is 11.5 Å². The van der Waals surface area contributed by atoms with Gasteiger partial charge < -0.3 is 16.5 Å². The zero-order valence-electron chi connectivity index (χ0n) is 32.4. The highest BCUT2D eigenvalue weighted by atomic mass is 32.2. The number of nitrogens with two attached hydrogens (primary N) is 2. The molecule has 0 aliphatic carbocycles. The summed E-state index contributed by atoms with van der Waals surface area (Å²) < 4.78 is 49.9. The van der Waals surface area contributed by atoms with E-state index in [4.69, 9.17) is 11.5 Å². The number of anilines is 2. The maximum Gasteiger partial charge on any atom is 0.178 e. The van der Waals surface area contributed by atoms with E-state index in [0.717, 1.165) is 33.3 Å². The summed E-state index contributed by atoms with van der Waals surface area (Å²) in [6, 6.07) is 14.3. The Labute approximate surface area is 350 Å². The van der Waals surface area contributed by atoms with Crippen LogP contribution in [0.15, 0.2) is 92.3 Å². The lowest BCUT2D eigenvalue weighted by Gasteiger charge is -2.30. The van der Waals surface area contributed by atoms with Gasteiger partial charge in [0.05, 0.1) is 65.1 Å². The number of H-pyrrole nitrogens is 1. The predicted molar refractivity (Wildman–Crippen MR) is 225 cm³/mol. The van der Waals surface area contributed by atoms with Crippen LogP contribution in [0.1, 0.15) is 23.2 Å². The Bertz CT molecular complexity index is 2980. The van der Waals surface area contributed by atoms with Crippen LogP contribution in [0.5, 0.6) is 0 Å². The summed E-state index contributed by atoms with van der Waals surface area (Å²) in [7, 11) is -6.01. The van der Waals surface area contributed by atoms with Gasteiger partial charge in [-0.1, -0.05) is 12.1 Å². The standard InChI is InChI=1S/C20H18N8O2S.C19H20N8O2S/c21-9-17(27-5-7-31(29,30)8-6-27)14-1-2-18(23-10-14)28-12-15(11-26-28)16-3-4-22-20-19(16)24-13-25-20;20-9-16(26-5-7-30(28,29)8-6-26)13-1-2-17(24-10-13)27-12-14(11-25-27)15-3-4-23-19(22)18(15)21/h1-4,10-13,17H,5-8H2,(H,22,24,25);1-4,10-12,16H,5-8,21H2,(H2,22,23). The Morgan fingerprint density at radius 3 is 1.61 bits per heavy atom. The lowest BCUT2D eigenvalue weighted by molar-refractivity contribution is 0.255. The summed E-state index contributed by atoms with van der Waals surface area (Å²) >= 11 is 0. The lowest BCUT2D eigenvalue weighted by atomic mass is 10.1. The van der Waals surface area contributed by atoms with E-state index in [9.17, 15) is 27.4 Å². The van der Waals surface area contributed by atoms with E-state index in [1.54, 1.807) is 83.3 Å². The van der Waals surface area contributed by atoms with E-state index in [1.807, 2.05) is 28.1 Å². The van der Waals surface area contributed by atoms with Crippen molar-refractivity contribution in [2.24, 2.45) is 0 Å². The van der Waals surface area contributed by atoms with Crippen molar-refractivity contribution in [3.05, 3.63) is 103 Å². The molecule has 2 atom stereocenters. The average Bonchev–Trinajstić information content (AvgIpc) is 4.07. The van der Waals surface area contributed by atoms with Crippen LogP contribution in [0.3, 0.4) is 0 Å². The van der Waals surface area contributed by atoms with Crippen LogP contribution >= 0.6 is 0 Å². The number of pyridine rings is 4. The van der Waals surface area contributed by atoms with Crippen molar-refractivity contribution in [2.45, 2.75) is 12.1 Å². The van der Waals surface area contributed by atoms with Crippen molar-refractivity contribution in [2.75, 3.05) is 60.7 Å². The van der Waals surface area contributed by atoms with Crippen molar-refractivity contribution < 1.29 is 16.8 Å². The molecule has 22 heteroatoms. The van der Waals surface area contributed by atoms with E-state index in [0.29, 0.717) is 54.7 Å². The Hall–Kier alpha value is -7.11. The molecule has 2 saturated heterocycles. The summed E-state index contributed by atoms with van der Waals surface area (Å²) in [4.78, 5) is 28.1. The minimum atomic E-state index is -3.01. The number of aromatic amines is 1. The number of rotatable bonds is 8. The Kier molecular flexibility index (Phi) is 11.2. The van der Waals surface area contributed by atoms with Crippen LogP contribution < -0.4 is 11.5 Å². The Morgan fingerprint density at radius 2 is 1.11 bits per heavy atom. The van der Waals surface area contributed by atoms with Crippen molar-refractivity contribution in [3.8, 4) is 46.0 Å². The Balaban J connectivity index is 0.000000169. The fraction of sp³-hybridized carbons (Fsp3) is 0.256. The molecule has 9 rings (SSSR count). The smallest absolute Gasteiger partial charge is 0.178 e. The normalized spacial score (nSPS) is 17.3. The summed E-state index contributed by atoms with van der Waals surface area (Å²) in [5, 5.41) is 28.0. The van der Waals surface area contributed by atoms with E-state index in [2.05, 4.69) is 52.2 Å². The third kappa shape index (κ3) is 8.78. The van der Waals surface area contributed by atoms with Gasteiger partial charge in [0.25, 0.3) is 0 Å². The maximum absolute atomic E-state index is 11.7. The molecule has 0 radical (unpaired) electrons. The van der Waals surface area contributed by atoms with Crippen LogP contribution in [0.25, 0.3) is 45.1 Å². The summed E-state index contributed by atoms with van der Waals surface area (Å²) in [5.41, 5.74) is 18.4. The van der Waals surface area contributed by atoms with Gasteiger partial charge in [0.15, 0.2) is 37.0 Å². The maximum atomic E-state index is 11.7. The van der Waals surface area contributed by atoms with Crippen LogP contribution in [-0.4, -0.2) is 125 Å². The second kappa shape index (κ2) is 16.9. The fourth-order valence-electron chi connectivity index (χ4n) is 7.10. The molecule has 0 amide bonds.